The van der Waals surface area contributed by atoms with Crippen LogP contribution in [0.2, 0.25) is 10.0 Å². The molecule has 0 radical (unpaired) electrons. The first-order valence-corrected chi connectivity index (χ1v) is 12.0. The first-order valence-electron chi connectivity index (χ1n) is 10.4. The molecule has 1 aliphatic rings. The van der Waals surface area contributed by atoms with Crippen molar-refractivity contribution in [1.82, 2.24) is 0 Å². The van der Waals surface area contributed by atoms with Gasteiger partial charge in [-0.05, 0) is 48.4 Å². The van der Waals surface area contributed by atoms with Crippen LogP contribution >= 0.6 is 34.5 Å². The minimum atomic E-state index is -0.122. The molecule has 2 aromatic carbocycles. The van der Waals surface area contributed by atoms with Crippen LogP contribution < -0.4 is 5.32 Å². The Hall–Kier alpha value is -2.14. The van der Waals surface area contributed by atoms with Gasteiger partial charge in [0.2, 0.25) is 5.91 Å². The van der Waals surface area contributed by atoms with Gasteiger partial charge in [-0.3, -0.25) is 9.79 Å². The van der Waals surface area contributed by atoms with Crippen LogP contribution in [0.15, 0.2) is 53.5 Å². The molecule has 0 bridgehead atoms. The summed E-state index contributed by atoms with van der Waals surface area (Å²) < 4.78 is 0. The Bertz CT molecular complexity index is 1130. The van der Waals surface area contributed by atoms with Crippen molar-refractivity contribution in [2.45, 2.75) is 33.1 Å². The highest BCUT2D eigenvalue weighted by Crippen LogP contribution is 2.35. The van der Waals surface area contributed by atoms with Crippen LogP contribution in [0.3, 0.4) is 0 Å². The minimum Gasteiger partial charge on any atom is -0.316 e. The lowest BCUT2D eigenvalue weighted by Gasteiger charge is -2.08. The van der Waals surface area contributed by atoms with E-state index in [1.54, 1.807) is 17.4 Å². The summed E-state index contributed by atoms with van der Waals surface area (Å²) in [6, 6.07) is 16.5. The Morgan fingerprint density at radius 1 is 1.03 bits per heavy atom. The number of aryl methyl sites for hydroxylation is 2. The van der Waals surface area contributed by atoms with Crippen molar-refractivity contribution >= 4 is 51.2 Å². The van der Waals surface area contributed by atoms with Crippen molar-refractivity contribution in [3.8, 4) is 0 Å². The molecule has 1 aromatic heterocycles. The lowest BCUT2D eigenvalue weighted by atomic mass is 10.00. The topological polar surface area (TPSA) is 41.5 Å². The maximum Gasteiger partial charge on any atom is 0.246 e. The van der Waals surface area contributed by atoms with E-state index in [4.69, 9.17) is 23.2 Å². The SMILES string of the molecule is CC(C)Cc1ccc(CCc2cc3c(s2)NC(=O)CN=C3c2cccc(Cl)c2Cl)cc1. The third kappa shape index (κ3) is 5.20. The first kappa shape index (κ1) is 22.1. The smallest absolute Gasteiger partial charge is 0.246 e. The number of aliphatic imine (C=N–C) groups is 1. The Morgan fingerprint density at radius 2 is 1.77 bits per heavy atom. The molecular formula is C25H24Cl2N2OS. The minimum absolute atomic E-state index is 0.0671. The second kappa shape index (κ2) is 9.56. The van der Waals surface area contributed by atoms with Gasteiger partial charge in [0.05, 0.1) is 15.8 Å². The van der Waals surface area contributed by atoms with E-state index in [9.17, 15) is 4.79 Å². The molecule has 1 N–H and O–H groups in total. The van der Waals surface area contributed by atoms with Crippen molar-refractivity contribution in [3.63, 3.8) is 0 Å². The van der Waals surface area contributed by atoms with Gasteiger partial charge in [0.15, 0.2) is 0 Å². The van der Waals surface area contributed by atoms with Gasteiger partial charge < -0.3 is 5.32 Å². The summed E-state index contributed by atoms with van der Waals surface area (Å²) in [5.41, 5.74) is 5.05. The summed E-state index contributed by atoms with van der Waals surface area (Å²) in [7, 11) is 0. The molecule has 0 atom stereocenters. The highest BCUT2D eigenvalue weighted by Gasteiger charge is 2.23. The predicted octanol–water partition coefficient (Wildman–Crippen LogP) is 6.83. The van der Waals surface area contributed by atoms with Crippen LogP contribution in [-0.2, 0) is 24.1 Å². The number of amides is 1. The Morgan fingerprint density at radius 3 is 2.52 bits per heavy atom. The van der Waals surface area contributed by atoms with E-state index in [-0.39, 0.29) is 12.5 Å². The molecule has 0 saturated heterocycles. The number of thiophene rings is 1. The number of anilines is 1. The molecule has 3 nitrogen and oxygen atoms in total. The summed E-state index contributed by atoms with van der Waals surface area (Å²) in [5.74, 6) is 0.537. The zero-order valence-electron chi connectivity index (χ0n) is 17.5. The summed E-state index contributed by atoms with van der Waals surface area (Å²) >= 11 is 14.3. The quantitative estimate of drug-likeness (QED) is 0.421. The summed E-state index contributed by atoms with van der Waals surface area (Å²) in [4.78, 5) is 18.0. The Labute approximate surface area is 197 Å². The maximum absolute atomic E-state index is 12.2. The van der Waals surface area contributed by atoms with E-state index >= 15 is 0 Å². The van der Waals surface area contributed by atoms with Crippen LogP contribution in [0.25, 0.3) is 0 Å². The van der Waals surface area contributed by atoms with Gasteiger partial charge in [0, 0.05) is 16.0 Å². The molecule has 1 amide bonds. The average molecular weight is 471 g/mol. The number of hydrogen-bond donors (Lipinski definition) is 1. The molecule has 0 unspecified atom stereocenters. The predicted molar refractivity (Wildman–Crippen MR) is 132 cm³/mol. The zero-order valence-corrected chi connectivity index (χ0v) is 19.9. The summed E-state index contributed by atoms with van der Waals surface area (Å²) in [6.45, 7) is 4.54. The fourth-order valence-electron chi connectivity index (χ4n) is 3.73. The average Bonchev–Trinajstić information content (AvgIpc) is 3.05. The monoisotopic (exact) mass is 470 g/mol. The second-order valence-corrected chi connectivity index (χ2v) is 10.1. The molecule has 4 rings (SSSR count). The van der Waals surface area contributed by atoms with Gasteiger partial charge >= 0.3 is 0 Å². The fraction of sp³-hybridized carbons (Fsp3) is 0.280. The van der Waals surface area contributed by atoms with Gasteiger partial charge in [-0.15, -0.1) is 11.3 Å². The molecule has 1 aliphatic heterocycles. The number of hydrogen-bond acceptors (Lipinski definition) is 3. The largest absolute Gasteiger partial charge is 0.316 e. The van der Waals surface area contributed by atoms with Crippen molar-refractivity contribution in [3.05, 3.63) is 85.7 Å². The number of nitrogens with one attached hydrogen (secondary N) is 1. The second-order valence-electron chi connectivity index (χ2n) is 8.18. The summed E-state index contributed by atoms with van der Waals surface area (Å²) in [6.07, 6.45) is 2.94. The first-order chi connectivity index (χ1) is 14.9. The fourth-order valence-corrected chi connectivity index (χ4v) is 5.20. The summed E-state index contributed by atoms with van der Waals surface area (Å²) in [5, 5.41) is 4.74. The van der Waals surface area contributed by atoms with Gasteiger partial charge in [-0.1, -0.05) is 73.4 Å². The van der Waals surface area contributed by atoms with E-state index in [2.05, 4.69) is 54.5 Å². The molecule has 0 aliphatic carbocycles. The lowest BCUT2D eigenvalue weighted by Crippen LogP contribution is -2.12. The molecule has 6 heteroatoms. The van der Waals surface area contributed by atoms with Crippen molar-refractivity contribution in [1.29, 1.82) is 0 Å². The van der Waals surface area contributed by atoms with Crippen LogP contribution in [0.5, 0.6) is 0 Å². The van der Waals surface area contributed by atoms with E-state index in [0.29, 0.717) is 21.7 Å². The highest BCUT2D eigenvalue weighted by atomic mass is 35.5. The van der Waals surface area contributed by atoms with Crippen LogP contribution in [0, 0.1) is 5.92 Å². The van der Waals surface area contributed by atoms with Crippen molar-refractivity contribution in [2.24, 2.45) is 10.9 Å². The molecular weight excluding hydrogens is 447 g/mol. The zero-order chi connectivity index (χ0) is 22.0. The number of benzene rings is 2. The van der Waals surface area contributed by atoms with Gasteiger partial charge in [0.1, 0.15) is 11.5 Å². The van der Waals surface area contributed by atoms with Gasteiger partial charge in [-0.25, -0.2) is 0 Å². The molecule has 0 saturated carbocycles. The molecule has 31 heavy (non-hydrogen) atoms. The van der Waals surface area contributed by atoms with Crippen molar-refractivity contribution in [2.75, 3.05) is 11.9 Å². The lowest BCUT2D eigenvalue weighted by molar-refractivity contribution is -0.114. The van der Waals surface area contributed by atoms with E-state index < -0.39 is 0 Å². The van der Waals surface area contributed by atoms with Crippen LogP contribution in [0.1, 0.15) is 41.0 Å². The number of carbonyl (C=O) groups is 1. The number of carbonyl (C=O) groups excluding carboxylic acids is 1. The van der Waals surface area contributed by atoms with E-state index in [1.165, 1.54) is 16.0 Å². The van der Waals surface area contributed by atoms with E-state index in [1.807, 2.05) is 12.1 Å². The van der Waals surface area contributed by atoms with Crippen LogP contribution in [-0.4, -0.2) is 18.2 Å². The molecule has 3 aromatic rings. The van der Waals surface area contributed by atoms with Crippen LogP contribution in [0.4, 0.5) is 5.00 Å². The third-order valence-corrected chi connectivity index (χ3v) is 7.13. The number of nitrogens with zero attached hydrogens (tertiary/aromatic N) is 1. The highest BCUT2D eigenvalue weighted by molar-refractivity contribution is 7.16. The number of fused-ring (bicyclic) bond motifs is 1. The molecule has 0 spiro atoms. The molecule has 160 valence electrons. The Kier molecular flexibility index (Phi) is 6.80. The van der Waals surface area contributed by atoms with Crippen molar-refractivity contribution < 1.29 is 4.79 Å². The van der Waals surface area contributed by atoms with Gasteiger partial charge in [-0.2, -0.15) is 0 Å². The maximum atomic E-state index is 12.2. The molecule has 2 heterocycles. The normalized spacial score (nSPS) is 13.6. The number of rotatable bonds is 6. The third-order valence-electron chi connectivity index (χ3n) is 5.21. The Balaban J connectivity index is 1.57. The van der Waals surface area contributed by atoms with E-state index in [0.717, 1.165) is 35.4 Å². The van der Waals surface area contributed by atoms with Gasteiger partial charge in [0.25, 0.3) is 0 Å². The standard InChI is InChI=1S/C25H24Cl2N2OS/c1-15(2)12-17-8-6-16(7-9-17)10-11-18-13-20-24(19-4-3-5-21(26)23(19)27)28-14-22(30)29-25(20)31-18/h3-9,13,15H,10-12,14H2,1-2H3,(H,29,30). The molecule has 0 fully saturated rings. The number of halogens is 2.